The molecular weight excluding hydrogens is 357 g/mol. The van der Waals surface area contributed by atoms with E-state index < -0.39 is 15.8 Å². The van der Waals surface area contributed by atoms with Crippen LogP contribution in [0, 0.1) is 5.82 Å². The van der Waals surface area contributed by atoms with Crippen LogP contribution >= 0.6 is 0 Å². The molecule has 1 amide bonds. The predicted molar refractivity (Wildman–Crippen MR) is 96.7 cm³/mol. The molecule has 0 aliphatic carbocycles. The van der Waals surface area contributed by atoms with Gasteiger partial charge in [0.05, 0.1) is 10.5 Å². The third-order valence-electron chi connectivity index (χ3n) is 5.28. The van der Waals surface area contributed by atoms with Crippen molar-refractivity contribution < 1.29 is 17.6 Å². The highest BCUT2D eigenvalue weighted by molar-refractivity contribution is 7.89. The molecule has 2 heterocycles. The number of rotatable bonds is 4. The number of hydrogen-bond donors (Lipinski definition) is 1. The van der Waals surface area contributed by atoms with Crippen LogP contribution in [-0.2, 0) is 10.0 Å². The van der Waals surface area contributed by atoms with E-state index in [9.17, 15) is 17.6 Å². The van der Waals surface area contributed by atoms with Gasteiger partial charge in [0, 0.05) is 31.7 Å². The maximum atomic E-state index is 14.6. The normalized spacial score (nSPS) is 23.2. The van der Waals surface area contributed by atoms with E-state index in [-0.39, 0.29) is 28.4 Å². The summed E-state index contributed by atoms with van der Waals surface area (Å²) in [7, 11) is -3.85. The topological polar surface area (TPSA) is 83.7 Å². The number of nitrogens with zero attached hydrogens (tertiary/aromatic N) is 2. The molecular formula is C18H26FN3O3S. The zero-order valence-corrected chi connectivity index (χ0v) is 15.8. The number of benzene rings is 1. The van der Waals surface area contributed by atoms with Crippen LogP contribution in [0.3, 0.4) is 0 Å². The first kappa shape index (κ1) is 19.3. The molecule has 0 saturated carbocycles. The van der Waals surface area contributed by atoms with Crippen LogP contribution in [-0.4, -0.2) is 55.2 Å². The van der Waals surface area contributed by atoms with E-state index in [0.29, 0.717) is 26.1 Å². The Hall–Kier alpha value is -1.51. The number of carbonyl (C=O) groups is 1. The number of nitrogens with two attached hydrogens (primary N) is 1. The second-order valence-electron chi connectivity index (χ2n) is 7.18. The molecule has 0 aromatic heterocycles. The summed E-state index contributed by atoms with van der Waals surface area (Å²) >= 11 is 0. The van der Waals surface area contributed by atoms with Crippen molar-refractivity contribution in [3.63, 3.8) is 0 Å². The van der Waals surface area contributed by atoms with E-state index in [4.69, 9.17) is 5.73 Å². The van der Waals surface area contributed by atoms with Crippen LogP contribution in [0.15, 0.2) is 23.1 Å². The Bertz CT molecular complexity index is 776. The molecule has 2 unspecified atom stereocenters. The molecule has 0 spiro atoms. The molecule has 2 fully saturated rings. The predicted octanol–water partition coefficient (Wildman–Crippen LogP) is 1.95. The number of hydrogen-bond acceptors (Lipinski definition) is 4. The SMILES string of the molecule is CC(N)C1CCCCN1S(=O)(=O)c1ccc(C(=O)N2CCCC2)c(F)c1. The first-order valence-corrected chi connectivity index (χ1v) is 10.6. The molecule has 2 aliphatic rings. The highest BCUT2D eigenvalue weighted by Gasteiger charge is 2.36. The smallest absolute Gasteiger partial charge is 0.256 e. The summed E-state index contributed by atoms with van der Waals surface area (Å²) < 4.78 is 41.9. The molecule has 2 N–H and O–H groups in total. The van der Waals surface area contributed by atoms with E-state index >= 15 is 0 Å². The van der Waals surface area contributed by atoms with E-state index in [1.165, 1.54) is 16.4 Å². The summed E-state index contributed by atoms with van der Waals surface area (Å²) in [5, 5.41) is 0. The highest BCUT2D eigenvalue weighted by atomic mass is 32.2. The van der Waals surface area contributed by atoms with Crippen LogP contribution in [0.25, 0.3) is 0 Å². The molecule has 6 nitrogen and oxygen atoms in total. The van der Waals surface area contributed by atoms with E-state index in [1.807, 2.05) is 0 Å². The standard InChI is InChI=1S/C18H26FN3O3S/c1-13(20)17-6-2-3-11-22(17)26(24,25)14-7-8-15(16(19)12-14)18(23)21-9-4-5-10-21/h7-8,12-13,17H,2-6,9-11,20H2,1H3. The van der Waals surface area contributed by atoms with Crippen LogP contribution < -0.4 is 5.73 Å². The van der Waals surface area contributed by atoms with Gasteiger partial charge >= 0.3 is 0 Å². The fourth-order valence-electron chi connectivity index (χ4n) is 3.81. The zero-order chi connectivity index (χ0) is 18.9. The molecule has 0 radical (unpaired) electrons. The van der Waals surface area contributed by atoms with Gasteiger partial charge in [-0.1, -0.05) is 6.42 Å². The Morgan fingerprint density at radius 1 is 1.19 bits per heavy atom. The third-order valence-corrected chi connectivity index (χ3v) is 7.20. The van der Waals surface area contributed by atoms with Gasteiger partial charge in [-0.05, 0) is 50.8 Å². The van der Waals surface area contributed by atoms with Crippen LogP contribution in [0.1, 0.15) is 49.4 Å². The largest absolute Gasteiger partial charge is 0.339 e. The molecule has 2 saturated heterocycles. The van der Waals surface area contributed by atoms with Crippen molar-refractivity contribution in [2.24, 2.45) is 5.73 Å². The Labute approximate surface area is 154 Å². The monoisotopic (exact) mass is 383 g/mol. The Balaban J connectivity index is 1.88. The summed E-state index contributed by atoms with van der Waals surface area (Å²) in [5.74, 6) is -1.17. The van der Waals surface area contributed by atoms with E-state index in [0.717, 1.165) is 31.7 Å². The second-order valence-corrected chi connectivity index (χ2v) is 9.07. The number of halogens is 1. The Morgan fingerprint density at radius 3 is 2.46 bits per heavy atom. The molecule has 2 atom stereocenters. The van der Waals surface area contributed by atoms with Crippen molar-refractivity contribution in [1.29, 1.82) is 0 Å². The molecule has 0 bridgehead atoms. The van der Waals surface area contributed by atoms with Gasteiger partial charge in [0.25, 0.3) is 5.91 Å². The minimum absolute atomic E-state index is 0.0757. The quantitative estimate of drug-likeness (QED) is 0.861. The first-order chi connectivity index (χ1) is 12.3. The zero-order valence-electron chi connectivity index (χ0n) is 15.0. The first-order valence-electron chi connectivity index (χ1n) is 9.18. The summed E-state index contributed by atoms with van der Waals surface area (Å²) in [6.45, 7) is 3.39. The maximum absolute atomic E-state index is 14.6. The summed E-state index contributed by atoms with van der Waals surface area (Å²) in [6.07, 6.45) is 4.21. The van der Waals surface area contributed by atoms with Crippen molar-refractivity contribution >= 4 is 15.9 Å². The molecule has 1 aromatic carbocycles. The molecule has 8 heteroatoms. The average Bonchev–Trinajstić information content (AvgIpc) is 3.15. The maximum Gasteiger partial charge on any atom is 0.256 e. The Kier molecular flexibility index (Phi) is 5.64. The average molecular weight is 383 g/mol. The molecule has 26 heavy (non-hydrogen) atoms. The number of piperidine rings is 1. The van der Waals surface area contributed by atoms with Gasteiger partial charge in [0.1, 0.15) is 5.82 Å². The van der Waals surface area contributed by atoms with Crippen LogP contribution in [0.5, 0.6) is 0 Å². The fourth-order valence-corrected chi connectivity index (χ4v) is 5.60. The lowest BCUT2D eigenvalue weighted by Gasteiger charge is -2.36. The van der Waals surface area contributed by atoms with E-state index in [2.05, 4.69) is 0 Å². The summed E-state index contributed by atoms with van der Waals surface area (Å²) in [5.41, 5.74) is 5.89. The van der Waals surface area contributed by atoms with Gasteiger partial charge in [0.15, 0.2) is 0 Å². The molecule has 144 valence electrons. The van der Waals surface area contributed by atoms with E-state index in [1.54, 1.807) is 11.8 Å². The third kappa shape index (κ3) is 3.63. The van der Waals surface area contributed by atoms with Gasteiger partial charge in [-0.25, -0.2) is 12.8 Å². The number of amides is 1. The highest BCUT2D eigenvalue weighted by Crippen LogP contribution is 2.28. The molecule has 1 aromatic rings. The van der Waals surface area contributed by atoms with Crippen molar-refractivity contribution in [1.82, 2.24) is 9.21 Å². The van der Waals surface area contributed by atoms with Gasteiger partial charge in [-0.3, -0.25) is 4.79 Å². The minimum Gasteiger partial charge on any atom is -0.339 e. The van der Waals surface area contributed by atoms with Crippen LogP contribution in [0.2, 0.25) is 0 Å². The van der Waals surface area contributed by atoms with Crippen molar-refractivity contribution in [3.8, 4) is 0 Å². The summed E-state index contributed by atoms with van der Waals surface area (Å²) in [6, 6.07) is 2.99. The van der Waals surface area contributed by atoms with Crippen LogP contribution in [0.4, 0.5) is 4.39 Å². The van der Waals surface area contributed by atoms with Gasteiger partial charge in [0.2, 0.25) is 10.0 Å². The number of sulfonamides is 1. The molecule has 2 aliphatic heterocycles. The van der Waals surface area contributed by atoms with Crippen molar-refractivity contribution in [2.75, 3.05) is 19.6 Å². The lowest BCUT2D eigenvalue weighted by atomic mass is 10.00. The second kappa shape index (κ2) is 7.62. The van der Waals surface area contributed by atoms with Gasteiger partial charge in [-0.2, -0.15) is 4.31 Å². The fraction of sp³-hybridized carbons (Fsp3) is 0.611. The van der Waals surface area contributed by atoms with Crippen molar-refractivity contribution in [3.05, 3.63) is 29.6 Å². The number of likely N-dealkylation sites (tertiary alicyclic amines) is 1. The molecule has 3 rings (SSSR count). The Morgan fingerprint density at radius 2 is 1.85 bits per heavy atom. The number of carbonyl (C=O) groups excluding carboxylic acids is 1. The lowest BCUT2D eigenvalue weighted by molar-refractivity contribution is 0.0788. The lowest BCUT2D eigenvalue weighted by Crippen LogP contribution is -2.51. The summed E-state index contributed by atoms with van der Waals surface area (Å²) in [4.78, 5) is 13.9. The van der Waals surface area contributed by atoms with Gasteiger partial charge in [-0.15, -0.1) is 0 Å². The van der Waals surface area contributed by atoms with Crippen molar-refractivity contribution in [2.45, 2.75) is 56.0 Å². The minimum atomic E-state index is -3.85. The van der Waals surface area contributed by atoms with Gasteiger partial charge < -0.3 is 10.6 Å².